The Labute approximate surface area is 115 Å². The quantitative estimate of drug-likeness (QED) is 0.821. The van der Waals surface area contributed by atoms with Crippen molar-refractivity contribution in [3.63, 3.8) is 0 Å². The number of aryl methyl sites for hydroxylation is 2. The molecule has 0 unspecified atom stereocenters. The van der Waals surface area contributed by atoms with Crippen LogP contribution in [0.25, 0.3) is 0 Å². The van der Waals surface area contributed by atoms with Crippen molar-refractivity contribution in [2.75, 3.05) is 5.32 Å². The number of rotatable bonds is 4. The number of aromatic nitrogens is 2. The van der Waals surface area contributed by atoms with Gasteiger partial charge in [0.1, 0.15) is 23.5 Å². The van der Waals surface area contributed by atoms with Gasteiger partial charge in [0, 0.05) is 11.8 Å². The van der Waals surface area contributed by atoms with Crippen LogP contribution in [0.1, 0.15) is 39.1 Å². The van der Waals surface area contributed by atoms with Crippen molar-refractivity contribution in [3.05, 3.63) is 35.0 Å². The lowest BCUT2D eigenvalue weighted by Crippen LogP contribution is -2.16. The van der Waals surface area contributed by atoms with E-state index in [1.54, 1.807) is 19.9 Å². The van der Waals surface area contributed by atoms with Gasteiger partial charge in [-0.3, -0.25) is 9.59 Å². The summed E-state index contributed by atoms with van der Waals surface area (Å²) >= 11 is 0. The lowest BCUT2D eigenvalue weighted by atomic mass is 10.1. The molecule has 1 amide bonds. The Morgan fingerprint density at radius 1 is 1.25 bits per heavy atom. The molecule has 0 aliphatic carbocycles. The van der Waals surface area contributed by atoms with Crippen LogP contribution >= 0.6 is 0 Å². The summed E-state index contributed by atoms with van der Waals surface area (Å²) in [6.45, 7) is 4.75. The normalized spacial score (nSPS) is 10.3. The monoisotopic (exact) mass is 274 g/mol. The third-order valence-corrected chi connectivity index (χ3v) is 2.73. The standard InChI is InChI=1S/C13H14N4O3/c1-6-4-9(16-5-15-6)17-13-11(12(14)19)10(7(2)18)8(3)20-13/h4-5H,1-3H3,(H2,14,19)(H,15,16,17). The van der Waals surface area contributed by atoms with Gasteiger partial charge in [-0.2, -0.15) is 0 Å². The van der Waals surface area contributed by atoms with Crippen molar-refractivity contribution < 1.29 is 14.0 Å². The second-order valence-electron chi connectivity index (χ2n) is 4.33. The molecule has 7 nitrogen and oxygen atoms in total. The molecule has 2 aromatic rings. The van der Waals surface area contributed by atoms with Crippen LogP contribution in [-0.4, -0.2) is 21.7 Å². The maximum atomic E-state index is 11.6. The Kier molecular flexibility index (Phi) is 3.51. The summed E-state index contributed by atoms with van der Waals surface area (Å²) < 4.78 is 5.42. The second-order valence-corrected chi connectivity index (χ2v) is 4.33. The Hall–Kier alpha value is -2.70. The van der Waals surface area contributed by atoms with E-state index >= 15 is 0 Å². The number of hydrogen-bond donors (Lipinski definition) is 2. The number of ketones is 1. The number of primary amides is 1. The molecule has 104 valence electrons. The predicted molar refractivity (Wildman–Crippen MR) is 72.0 cm³/mol. The van der Waals surface area contributed by atoms with E-state index in [0.717, 1.165) is 5.69 Å². The van der Waals surface area contributed by atoms with Gasteiger partial charge in [0.05, 0.1) is 5.56 Å². The molecule has 0 bridgehead atoms. The second kappa shape index (κ2) is 5.12. The van der Waals surface area contributed by atoms with E-state index < -0.39 is 5.91 Å². The SMILES string of the molecule is CC(=O)c1c(C)oc(Nc2cc(C)ncn2)c1C(N)=O. The van der Waals surface area contributed by atoms with Crippen LogP contribution in [-0.2, 0) is 0 Å². The van der Waals surface area contributed by atoms with Crippen molar-refractivity contribution in [1.82, 2.24) is 9.97 Å². The fraction of sp³-hybridized carbons (Fsp3) is 0.231. The van der Waals surface area contributed by atoms with Crippen molar-refractivity contribution in [3.8, 4) is 0 Å². The molecule has 0 aliphatic rings. The largest absolute Gasteiger partial charge is 0.444 e. The summed E-state index contributed by atoms with van der Waals surface area (Å²) in [5.74, 6) is -0.131. The topological polar surface area (TPSA) is 111 Å². The summed E-state index contributed by atoms with van der Waals surface area (Å²) in [4.78, 5) is 31.1. The first kappa shape index (κ1) is 13.7. The summed E-state index contributed by atoms with van der Waals surface area (Å²) in [5.41, 5.74) is 6.29. The number of hydrogen-bond acceptors (Lipinski definition) is 6. The van der Waals surface area contributed by atoms with E-state index in [1.807, 2.05) is 0 Å². The van der Waals surface area contributed by atoms with Gasteiger partial charge in [-0.05, 0) is 20.8 Å². The molecule has 2 rings (SSSR count). The molecule has 0 saturated heterocycles. The van der Waals surface area contributed by atoms with Gasteiger partial charge >= 0.3 is 0 Å². The third-order valence-electron chi connectivity index (χ3n) is 2.73. The molecular formula is C13H14N4O3. The highest BCUT2D eigenvalue weighted by molar-refractivity contribution is 6.10. The van der Waals surface area contributed by atoms with Gasteiger partial charge in [-0.1, -0.05) is 0 Å². The van der Waals surface area contributed by atoms with Gasteiger partial charge in [0.15, 0.2) is 5.78 Å². The minimum Gasteiger partial charge on any atom is -0.444 e. The van der Waals surface area contributed by atoms with E-state index in [0.29, 0.717) is 11.6 Å². The molecule has 7 heteroatoms. The zero-order valence-electron chi connectivity index (χ0n) is 11.4. The number of nitrogens with two attached hydrogens (primary N) is 1. The first-order chi connectivity index (χ1) is 9.40. The van der Waals surface area contributed by atoms with Crippen molar-refractivity contribution in [2.45, 2.75) is 20.8 Å². The molecule has 2 heterocycles. The molecular weight excluding hydrogens is 260 g/mol. The number of carbonyl (C=O) groups is 2. The predicted octanol–water partition coefficient (Wildman–Crippen LogP) is 1.73. The van der Waals surface area contributed by atoms with Gasteiger partial charge in [0.25, 0.3) is 5.91 Å². The van der Waals surface area contributed by atoms with E-state index in [1.165, 1.54) is 13.3 Å². The zero-order chi connectivity index (χ0) is 14.9. The highest BCUT2D eigenvalue weighted by atomic mass is 16.4. The molecule has 0 radical (unpaired) electrons. The number of amides is 1. The smallest absolute Gasteiger partial charge is 0.255 e. The fourth-order valence-electron chi connectivity index (χ4n) is 1.93. The van der Waals surface area contributed by atoms with Gasteiger partial charge in [-0.25, -0.2) is 9.97 Å². The van der Waals surface area contributed by atoms with Crippen LogP contribution in [0.15, 0.2) is 16.8 Å². The van der Waals surface area contributed by atoms with Gasteiger partial charge in [0.2, 0.25) is 5.88 Å². The molecule has 0 saturated carbocycles. The number of carbonyl (C=O) groups excluding carboxylic acids is 2. The van der Waals surface area contributed by atoms with E-state index in [-0.39, 0.29) is 22.8 Å². The summed E-state index contributed by atoms with van der Waals surface area (Å²) in [5, 5.41) is 2.84. The van der Waals surface area contributed by atoms with Crippen molar-refractivity contribution in [1.29, 1.82) is 0 Å². The molecule has 0 aromatic carbocycles. The summed E-state index contributed by atoms with van der Waals surface area (Å²) in [6.07, 6.45) is 1.38. The van der Waals surface area contributed by atoms with Crippen molar-refractivity contribution in [2.24, 2.45) is 5.73 Å². The van der Waals surface area contributed by atoms with Crippen LogP contribution in [0.5, 0.6) is 0 Å². The maximum absolute atomic E-state index is 11.6. The molecule has 2 aromatic heterocycles. The lowest BCUT2D eigenvalue weighted by Gasteiger charge is -2.04. The Balaban J connectivity index is 2.49. The average molecular weight is 274 g/mol. The van der Waals surface area contributed by atoms with Crippen LogP contribution < -0.4 is 11.1 Å². The molecule has 0 fully saturated rings. The van der Waals surface area contributed by atoms with Gasteiger partial charge in [-0.15, -0.1) is 0 Å². The highest BCUT2D eigenvalue weighted by Crippen LogP contribution is 2.29. The molecule has 0 spiro atoms. The van der Waals surface area contributed by atoms with Crippen LogP contribution in [0.4, 0.5) is 11.7 Å². The summed E-state index contributed by atoms with van der Waals surface area (Å²) in [7, 11) is 0. The van der Waals surface area contributed by atoms with Crippen LogP contribution in [0.2, 0.25) is 0 Å². The maximum Gasteiger partial charge on any atom is 0.255 e. The Morgan fingerprint density at radius 2 is 1.95 bits per heavy atom. The zero-order valence-corrected chi connectivity index (χ0v) is 11.4. The molecule has 0 atom stereocenters. The number of nitrogens with one attached hydrogen (secondary N) is 1. The molecule has 3 N–H and O–H groups in total. The van der Waals surface area contributed by atoms with E-state index in [9.17, 15) is 9.59 Å². The summed E-state index contributed by atoms with van der Waals surface area (Å²) in [6, 6.07) is 1.68. The van der Waals surface area contributed by atoms with E-state index in [4.69, 9.17) is 10.2 Å². The number of anilines is 2. The fourth-order valence-corrected chi connectivity index (χ4v) is 1.93. The highest BCUT2D eigenvalue weighted by Gasteiger charge is 2.25. The van der Waals surface area contributed by atoms with Gasteiger partial charge < -0.3 is 15.5 Å². The first-order valence-electron chi connectivity index (χ1n) is 5.90. The minimum absolute atomic E-state index is 0.0336. The Morgan fingerprint density at radius 3 is 2.50 bits per heavy atom. The van der Waals surface area contributed by atoms with Crippen LogP contribution in [0, 0.1) is 13.8 Å². The lowest BCUT2D eigenvalue weighted by molar-refractivity contribution is 0.0974. The Bertz CT molecular complexity index is 691. The number of Topliss-reactive ketones (excluding diaryl/α,β-unsaturated/α-hetero) is 1. The van der Waals surface area contributed by atoms with E-state index in [2.05, 4.69) is 15.3 Å². The third kappa shape index (κ3) is 2.51. The first-order valence-corrected chi connectivity index (χ1v) is 5.90. The average Bonchev–Trinajstić information content (AvgIpc) is 2.65. The van der Waals surface area contributed by atoms with Crippen molar-refractivity contribution >= 4 is 23.4 Å². The van der Waals surface area contributed by atoms with Crippen LogP contribution in [0.3, 0.4) is 0 Å². The molecule has 0 aliphatic heterocycles. The number of nitrogens with zero attached hydrogens (tertiary/aromatic N) is 2. The molecule has 20 heavy (non-hydrogen) atoms. The minimum atomic E-state index is -0.736. The number of furan rings is 1.